The van der Waals surface area contributed by atoms with E-state index in [1.165, 1.54) is 5.57 Å². The standard InChI is InChI=1S/C13H22N2O3/c1-10(11-8-14-9-11)13(18)15-7-5-3-2-4-6-12(16)17/h14H,2-9H2,1H3,(H,15,18)(H,16,17). The third kappa shape index (κ3) is 5.31. The summed E-state index contributed by atoms with van der Waals surface area (Å²) in [6, 6.07) is 0. The van der Waals surface area contributed by atoms with E-state index in [9.17, 15) is 9.59 Å². The Morgan fingerprint density at radius 3 is 2.44 bits per heavy atom. The molecule has 0 atom stereocenters. The molecule has 0 unspecified atom stereocenters. The molecule has 0 aromatic heterocycles. The highest BCUT2D eigenvalue weighted by Gasteiger charge is 2.15. The maximum absolute atomic E-state index is 11.7. The first-order valence-corrected chi connectivity index (χ1v) is 6.50. The van der Waals surface area contributed by atoms with Gasteiger partial charge in [0, 0.05) is 31.6 Å². The highest BCUT2D eigenvalue weighted by molar-refractivity contribution is 5.93. The average Bonchev–Trinajstić information content (AvgIpc) is 2.24. The van der Waals surface area contributed by atoms with Crippen LogP contribution in [0.1, 0.15) is 39.0 Å². The van der Waals surface area contributed by atoms with E-state index in [1.807, 2.05) is 6.92 Å². The first-order valence-electron chi connectivity index (χ1n) is 6.50. The minimum atomic E-state index is -0.736. The Balaban J connectivity index is 2.01. The van der Waals surface area contributed by atoms with E-state index in [0.29, 0.717) is 6.54 Å². The number of hydrogen-bond acceptors (Lipinski definition) is 3. The van der Waals surface area contributed by atoms with Crippen molar-refractivity contribution in [1.29, 1.82) is 0 Å². The molecule has 1 saturated heterocycles. The van der Waals surface area contributed by atoms with Gasteiger partial charge in [0.05, 0.1) is 0 Å². The molecule has 5 nitrogen and oxygen atoms in total. The molecular weight excluding hydrogens is 232 g/mol. The molecule has 0 aliphatic carbocycles. The van der Waals surface area contributed by atoms with Crippen molar-refractivity contribution in [2.24, 2.45) is 0 Å². The molecule has 0 aromatic carbocycles. The van der Waals surface area contributed by atoms with Gasteiger partial charge in [-0.05, 0) is 25.3 Å². The maximum atomic E-state index is 11.7. The SMILES string of the molecule is CC(C(=O)NCCCCCCC(=O)O)=C1CNC1. The summed E-state index contributed by atoms with van der Waals surface area (Å²) in [6.45, 7) is 4.19. The fourth-order valence-corrected chi connectivity index (χ4v) is 1.77. The zero-order valence-electron chi connectivity index (χ0n) is 10.9. The first kappa shape index (κ1) is 14.7. The number of carbonyl (C=O) groups is 2. The van der Waals surface area contributed by atoms with Crippen molar-refractivity contribution in [2.75, 3.05) is 19.6 Å². The highest BCUT2D eigenvalue weighted by atomic mass is 16.4. The van der Waals surface area contributed by atoms with Gasteiger partial charge in [0.1, 0.15) is 0 Å². The molecule has 1 aliphatic rings. The number of unbranched alkanes of at least 4 members (excludes halogenated alkanes) is 3. The number of hydrogen-bond donors (Lipinski definition) is 3. The smallest absolute Gasteiger partial charge is 0.303 e. The van der Waals surface area contributed by atoms with Gasteiger partial charge in [-0.25, -0.2) is 0 Å². The molecule has 0 spiro atoms. The average molecular weight is 254 g/mol. The minimum Gasteiger partial charge on any atom is -0.481 e. The lowest BCUT2D eigenvalue weighted by atomic mass is 10.0. The summed E-state index contributed by atoms with van der Waals surface area (Å²) in [6.07, 6.45) is 3.74. The topological polar surface area (TPSA) is 78.4 Å². The van der Waals surface area contributed by atoms with Gasteiger partial charge in [0.2, 0.25) is 5.91 Å². The zero-order chi connectivity index (χ0) is 13.4. The number of carbonyl (C=O) groups excluding carboxylic acids is 1. The van der Waals surface area contributed by atoms with Crippen LogP contribution in [0.2, 0.25) is 0 Å². The van der Waals surface area contributed by atoms with Crippen LogP contribution in [0.5, 0.6) is 0 Å². The molecule has 1 heterocycles. The van der Waals surface area contributed by atoms with E-state index in [2.05, 4.69) is 10.6 Å². The second-order valence-corrected chi connectivity index (χ2v) is 4.65. The fraction of sp³-hybridized carbons (Fsp3) is 0.692. The third-order valence-corrected chi connectivity index (χ3v) is 3.15. The lowest BCUT2D eigenvalue weighted by Crippen LogP contribution is -2.37. The molecule has 3 N–H and O–H groups in total. The van der Waals surface area contributed by atoms with Gasteiger partial charge in [-0.1, -0.05) is 12.8 Å². The summed E-state index contributed by atoms with van der Waals surface area (Å²) in [5, 5.41) is 14.5. The van der Waals surface area contributed by atoms with Crippen LogP contribution < -0.4 is 10.6 Å². The van der Waals surface area contributed by atoms with Gasteiger partial charge in [0.15, 0.2) is 0 Å². The Hall–Kier alpha value is -1.36. The van der Waals surface area contributed by atoms with Crippen molar-refractivity contribution in [3.8, 4) is 0 Å². The maximum Gasteiger partial charge on any atom is 0.303 e. The Morgan fingerprint density at radius 2 is 1.89 bits per heavy atom. The van der Waals surface area contributed by atoms with E-state index in [1.54, 1.807) is 0 Å². The van der Waals surface area contributed by atoms with Crippen molar-refractivity contribution in [3.63, 3.8) is 0 Å². The first-order chi connectivity index (χ1) is 8.61. The van der Waals surface area contributed by atoms with Crippen molar-refractivity contribution in [1.82, 2.24) is 10.6 Å². The third-order valence-electron chi connectivity index (χ3n) is 3.15. The van der Waals surface area contributed by atoms with Crippen molar-refractivity contribution in [2.45, 2.75) is 39.0 Å². The second kappa shape index (κ2) is 7.87. The molecule has 102 valence electrons. The number of amides is 1. The predicted octanol–water partition coefficient (Wildman–Crippen LogP) is 1.06. The summed E-state index contributed by atoms with van der Waals surface area (Å²) in [5.74, 6) is -0.711. The highest BCUT2D eigenvalue weighted by Crippen LogP contribution is 2.08. The van der Waals surface area contributed by atoms with Gasteiger partial charge in [-0.3, -0.25) is 9.59 Å². The summed E-state index contributed by atoms with van der Waals surface area (Å²) in [7, 11) is 0. The summed E-state index contributed by atoms with van der Waals surface area (Å²) in [4.78, 5) is 22.0. The van der Waals surface area contributed by atoms with E-state index >= 15 is 0 Å². The zero-order valence-corrected chi connectivity index (χ0v) is 10.9. The van der Waals surface area contributed by atoms with Gasteiger partial charge < -0.3 is 15.7 Å². The number of carboxylic acid groups (broad SMARTS) is 1. The van der Waals surface area contributed by atoms with Gasteiger partial charge >= 0.3 is 5.97 Å². The molecule has 0 aromatic rings. The molecule has 1 amide bonds. The van der Waals surface area contributed by atoms with Gasteiger partial charge in [-0.2, -0.15) is 0 Å². The van der Waals surface area contributed by atoms with E-state index in [-0.39, 0.29) is 12.3 Å². The monoisotopic (exact) mass is 254 g/mol. The Morgan fingerprint density at radius 1 is 1.22 bits per heavy atom. The largest absolute Gasteiger partial charge is 0.481 e. The quantitative estimate of drug-likeness (QED) is 0.447. The Kier molecular flexibility index (Phi) is 6.43. The van der Waals surface area contributed by atoms with Crippen LogP contribution >= 0.6 is 0 Å². The molecule has 0 radical (unpaired) electrons. The van der Waals surface area contributed by atoms with Crippen molar-refractivity contribution < 1.29 is 14.7 Å². The molecule has 18 heavy (non-hydrogen) atoms. The van der Waals surface area contributed by atoms with E-state index in [4.69, 9.17) is 5.11 Å². The normalized spacial score (nSPS) is 13.9. The molecule has 5 heteroatoms. The lowest BCUT2D eigenvalue weighted by Gasteiger charge is -2.21. The summed E-state index contributed by atoms with van der Waals surface area (Å²) < 4.78 is 0. The van der Waals surface area contributed by atoms with Gasteiger partial charge in [-0.15, -0.1) is 0 Å². The van der Waals surface area contributed by atoms with E-state index < -0.39 is 5.97 Å². The molecule has 1 aliphatic heterocycles. The number of carboxylic acids is 1. The van der Waals surface area contributed by atoms with Crippen molar-refractivity contribution in [3.05, 3.63) is 11.1 Å². The molecule has 0 bridgehead atoms. The van der Waals surface area contributed by atoms with Gasteiger partial charge in [0.25, 0.3) is 0 Å². The Labute approximate surface area is 108 Å². The van der Waals surface area contributed by atoms with Crippen LogP contribution in [0, 0.1) is 0 Å². The van der Waals surface area contributed by atoms with E-state index in [0.717, 1.165) is 44.3 Å². The Bertz CT molecular complexity index is 331. The fourth-order valence-electron chi connectivity index (χ4n) is 1.77. The molecule has 1 fully saturated rings. The second-order valence-electron chi connectivity index (χ2n) is 4.65. The summed E-state index contributed by atoms with van der Waals surface area (Å²) in [5.41, 5.74) is 2.02. The molecular formula is C13H22N2O3. The van der Waals surface area contributed by atoms with Crippen LogP contribution in [0.4, 0.5) is 0 Å². The van der Waals surface area contributed by atoms with Crippen LogP contribution in [-0.4, -0.2) is 36.6 Å². The van der Waals surface area contributed by atoms with Crippen molar-refractivity contribution >= 4 is 11.9 Å². The number of rotatable bonds is 8. The van der Waals surface area contributed by atoms with Crippen LogP contribution in [0.25, 0.3) is 0 Å². The van der Waals surface area contributed by atoms with Crippen LogP contribution in [0.3, 0.4) is 0 Å². The van der Waals surface area contributed by atoms with Crippen LogP contribution in [-0.2, 0) is 9.59 Å². The van der Waals surface area contributed by atoms with Crippen LogP contribution in [0.15, 0.2) is 11.1 Å². The molecule has 0 saturated carbocycles. The lowest BCUT2D eigenvalue weighted by molar-refractivity contribution is -0.137. The minimum absolute atomic E-state index is 0.0250. The summed E-state index contributed by atoms with van der Waals surface area (Å²) >= 11 is 0. The molecule has 1 rings (SSSR count). The number of nitrogens with one attached hydrogen (secondary N) is 2. The predicted molar refractivity (Wildman–Crippen MR) is 69.3 cm³/mol. The number of aliphatic carboxylic acids is 1.